The summed E-state index contributed by atoms with van der Waals surface area (Å²) in [7, 11) is 0. The molecule has 0 spiro atoms. The Bertz CT molecular complexity index is 681. The molecule has 0 aliphatic heterocycles. The Hall–Kier alpha value is -2.50. The summed E-state index contributed by atoms with van der Waals surface area (Å²) in [5.74, 6) is -1.17. The van der Waals surface area contributed by atoms with Crippen LogP contribution in [0.5, 0.6) is 11.6 Å². The molecule has 2 aromatic rings. The monoisotopic (exact) mass is 289 g/mol. The van der Waals surface area contributed by atoms with Crippen LogP contribution in [0.4, 0.5) is 4.39 Å². The van der Waals surface area contributed by atoms with Crippen molar-refractivity contribution in [2.75, 3.05) is 0 Å². The number of hydrogen-bond donors (Lipinski definition) is 1. The van der Waals surface area contributed by atoms with E-state index in [4.69, 9.17) is 10.5 Å². The molecule has 2 rings (SSSR count). The van der Waals surface area contributed by atoms with Gasteiger partial charge < -0.3 is 10.5 Å². The Morgan fingerprint density at radius 2 is 1.95 bits per heavy atom. The number of nitrogens with two attached hydrogens (primary N) is 1. The van der Waals surface area contributed by atoms with E-state index in [1.54, 1.807) is 6.07 Å². The number of primary amides is 1. The zero-order chi connectivity index (χ0) is 15.6. The standard InChI is InChI=1S/C15H16FN3O2/c1-15(2,3)12-7-13(19-8-18-12)21-11-5-4-9(14(17)20)6-10(11)16/h4-8H,1-3H3,(H2,17,20). The third-order valence-electron chi connectivity index (χ3n) is 2.84. The number of ether oxygens (including phenoxy) is 1. The number of benzene rings is 1. The number of amides is 1. The summed E-state index contributed by atoms with van der Waals surface area (Å²) in [6.07, 6.45) is 1.37. The van der Waals surface area contributed by atoms with Crippen molar-refractivity contribution in [3.8, 4) is 11.6 Å². The maximum atomic E-state index is 13.9. The van der Waals surface area contributed by atoms with Gasteiger partial charge >= 0.3 is 0 Å². The quantitative estimate of drug-likeness (QED) is 0.942. The van der Waals surface area contributed by atoms with E-state index in [1.807, 2.05) is 20.8 Å². The fraction of sp³-hybridized carbons (Fsp3) is 0.267. The topological polar surface area (TPSA) is 78.1 Å². The summed E-state index contributed by atoms with van der Waals surface area (Å²) >= 11 is 0. The molecular weight excluding hydrogens is 273 g/mol. The van der Waals surface area contributed by atoms with E-state index in [-0.39, 0.29) is 22.6 Å². The summed E-state index contributed by atoms with van der Waals surface area (Å²) in [5.41, 5.74) is 5.78. The SMILES string of the molecule is CC(C)(C)c1cc(Oc2ccc(C(N)=O)cc2F)ncn1. The molecule has 1 aromatic heterocycles. The van der Waals surface area contributed by atoms with Gasteiger partial charge in [0.25, 0.3) is 0 Å². The number of rotatable bonds is 3. The molecule has 0 bridgehead atoms. The lowest BCUT2D eigenvalue weighted by Crippen LogP contribution is -2.13. The van der Waals surface area contributed by atoms with Crippen molar-refractivity contribution in [3.63, 3.8) is 0 Å². The van der Waals surface area contributed by atoms with Crippen molar-refractivity contribution in [1.82, 2.24) is 9.97 Å². The van der Waals surface area contributed by atoms with Crippen LogP contribution in [0.3, 0.4) is 0 Å². The molecule has 110 valence electrons. The second-order valence-electron chi connectivity index (χ2n) is 5.60. The van der Waals surface area contributed by atoms with Crippen molar-refractivity contribution in [1.29, 1.82) is 0 Å². The Kier molecular flexibility index (Phi) is 3.88. The van der Waals surface area contributed by atoms with Crippen LogP contribution >= 0.6 is 0 Å². The van der Waals surface area contributed by atoms with Crippen molar-refractivity contribution in [3.05, 3.63) is 47.7 Å². The fourth-order valence-corrected chi connectivity index (χ4v) is 1.65. The molecule has 1 amide bonds. The number of nitrogens with zero attached hydrogens (tertiary/aromatic N) is 2. The molecule has 0 aliphatic rings. The second kappa shape index (κ2) is 5.47. The average molecular weight is 289 g/mol. The van der Waals surface area contributed by atoms with Gasteiger partial charge in [-0.3, -0.25) is 4.79 Å². The normalized spacial score (nSPS) is 11.2. The van der Waals surface area contributed by atoms with E-state index in [9.17, 15) is 9.18 Å². The number of hydrogen-bond acceptors (Lipinski definition) is 4. The third kappa shape index (κ3) is 3.53. The first-order chi connectivity index (χ1) is 9.77. The highest BCUT2D eigenvalue weighted by atomic mass is 19.1. The van der Waals surface area contributed by atoms with E-state index < -0.39 is 11.7 Å². The molecule has 2 N–H and O–H groups in total. The molecule has 1 heterocycles. The Morgan fingerprint density at radius 1 is 1.24 bits per heavy atom. The van der Waals surface area contributed by atoms with E-state index in [0.29, 0.717) is 0 Å². The Balaban J connectivity index is 2.28. The predicted octanol–water partition coefficient (Wildman–Crippen LogP) is 2.80. The summed E-state index contributed by atoms with van der Waals surface area (Å²) in [6, 6.07) is 5.42. The maximum Gasteiger partial charge on any atom is 0.248 e. The average Bonchev–Trinajstić information content (AvgIpc) is 2.40. The number of aromatic nitrogens is 2. The van der Waals surface area contributed by atoms with Gasteiger partial charge in [-0.05, 0) is 18.2 Å². The highest BCUT2D eigenvalue weighted by molar-refractivity contribution is 5.92. The van der Waals surface area contributed by atoms with Crippen LogP contribution in [0.2, 0.25) is 0 Å². The zero-order valence-electron chi connectivity index (χ0n) is 12.1. The Morgan fingerprint density at radius 3 is 2.52 bits per heavy atom. The molecule has 6 heteroatoms. The minimum Gasteiger partial charge on any atom is -0.436 e. The van der Waals surface area contributed by atoms with Crippen LogP contribution in [0.15, 0.2) is 30.6 Å². The van der Waals surface area contributed by atoms with Crippen LogP contribution < -0.4 is 10.5 Å². The van der Waals surface area contributed by atoms with Crippen molar-refractivity contribution >= 4 is 5.91 Å². The summed E-state index contributed by atoms with van der Waals surface area (Å²) < 4.78 is 19.3. The van der Waals surface area contributed by atoms with Gasteiger partial charge in [-0.15, -0.1) is 0 Å². The highest BCUT2D eigenvalue weighted by Crippen LogP contribution is 2.27. The van der Waals surface area contributed by atoms with Crippen molar-refractivity contribution in [2.24, 2.45) is 5.73 Å². The van der Waals surface area contributed by atoms with Crippen molar-refractivity contribution < 1.29 is 13.9 Å². The van der Waals surface area contributed by atoms with Gasteiger partial charge in [0.05, 0.1) is 5.69 Å². The molecule has 0 saturated heterocycles. The molecule has 1 aromatic carbocycles. The van der Waals surface area contributed by atoms with Crippen LogP contribution in [0, 0.1) is 5.82 Å². The number of carbonyl (C=O) groups excluding carboxylic acids is 1. The van der Waals surface area contributed by atoms with Crippen LogP contribution in [-0.4, -0.2) is 15.9 Å². The van der Waals surface area contributed by atoms with Gasteiger partial charge in [-0.25, -0.2) is 14.4 Å². The summed E-state index contributed by atoms with van der Waals surface area (Å²) in [6.45, 7) is 6.00. The van der Waals surface area contributed by atoms with Gasteiger partial charge in [0, 0.05) is 17.0 Å². The molecule has 0 aliphatic carbocycles. The highest BCUT2D eigenvalue weighted by Gasteiger charge is 2.17. The second-order valence-corrected chi connectivity index (χ2v) is 5.60. The van der Waals surface area contributed by atoms with Gasteiger partial charge in [-0.2, -0.15) is 0 Å². The lowest BCUT2D eigenvalue weighted by Gasteiger charge is -2.17. The minimum atomic E-state index is -0.697. The minimum absolute atomic E-state index is 0.0291. The van der Waals surface area contributed by atoms with Crippen LogP contribution in [-0.2, 0) is 5.41 Å². The Labute approximate surface area is 122 Å². The largest absolute Gasteiger partial charge is 0.436 e. The first-order valence-electron chi connectivity index (χ1n) is 6.37. The molecule has 0 unspecified atom stereocenters. The van der Waals surface area contributed by atoms with Crippen molar-refractivity contribution in [2.45, 2.75) is 26.2 Å². The molecule has 0 saturated carbocycles. The van der Waals surface area contributed by atoms with E-state index in [0.717, 1.165) is 11.8 Å². The van der Waals surface area contributed by atoms with E-state index in [2.05, 4.69) is 9.97 Å². The predicted molar refractivity (Wildman–Crippen MR) is 75.7 cm³/mol. The fourth-order valence-electron chi connectivity index (χ4n) is 1.65. The molecular formula is C15H16FN3O2. The van der Waals surface area contributed by atoms with Gasteiger partial charge in [0.1, 0.15) is 6.33 Å². The van der Waals surface area contributed by atoms with Gasteiger partial charge in [-0.1, -0.05) is 20.8 Å². The maximum absolute atomic E-state index is 13.9. The lowest BCUT2D eigenvalue weighted by molar-refractivity contribution is 0.1000. The van der Waals surface area contributed by atoms with Gasteiger partial charge in [0.15, 0.2) is 11.6 Å². The summed E-state index contributed by atoms with van der Waals surface area (Å²) in [5, 5.41) is 0. The smallest absolute Gasteiger partial charge is 0.248 e. The molecule has 5 nitrogen and oxygen atoms in total. The zero-order valence-corrected chi connectivity index (χ0v) is 12.1. The number of halogens is 1. The molecule has 0 radical (unpaired) electrons. The summed E-state index contributed by atoms with van der Waals surface area (Å²) in [4.78, 5) is 19.1. The third-order valence-corrected chi connectivity index (χ3v) is 2.84. The number of carbonyl (C=O) groups is 1. The van der Waals surface area contributed by atoms with E-state index >= 15 is 0 Å². The first kappa shape index (κ1) is 14.9. The van der Waals surface area contributed by atoms with Crippen LogP contribution in [0.25, 0.3) is 0 Å². The molecule has 0 atom stereocenters. The molecule has 0 fully saturated rings. The molecule has 21 heavy (non-hydrogen) atoms. The van der Waals surface area contributed by atoms with E-state index in [1.165, 1.54) is 18.5 Å². The van der Waals surface area contributed by atoms with Gasteiger partial charge in [0.2, 0.25) is 11.8 Å². The lowest BCUT2D eigenvalue weighted by atomic mass is 9.92. The first-order valence-corrected chi connectivity index (χ1v) is 6.37. The van der Waals surface area contributed by atoms with Crippen LogP contribution in [0.1, 0.15) is 36.8 Å².